The standard InChI is InChI=1S/C29H34F4N6O2/c30-26-11-18-4-3-17(23(18)13-34-26)10-19-15-39(21-2-1-8-41-9-7-21)16-25(19)36-27(40)14-35-28-22-12-20(29(31,32)33)5-6-24(22)37-38-28/h5-6,11-13,17,19,21,25H,1-4,7-10,14-16H2,(H,36,40)(H2,35,37,38)/t17?,19-,21?,25?/m0/s1. The number of ether oxygens (including phenoxy) is 1. The monoisotopic (exact) mass is 574 g/mol. The minimum absolute atomic E-state index is 0.0845. The number of halogens is 4. The maximum absolute atomic E-state index is 13.7. The molecule has 3 aromatic rings. The first-order valence-corrected chi connectivity index (χ1v) is 14.3. The lowest BCUT2D eigenvalue weighted by atomic mass is 9.88. The second-order valence-corrected chi connectivity index (χ2v) is 11.4. The lowest BCUT2D eigenvalue weighted by Gasteiger charge is -2.26. The van der Waals surface area contributed by atoms with E-state index in [2.05, 4.69) is 30.7 Å². The van der Waals surface area contributed by atoms with Crippen LogP contribution in [0.2, 0.25) is 0 Å². The van der Waals surface area contributed by atoms with Gasteiger partial charge in [-0.15, -0.1) is 0 Å². The van der Waals surface area contributed by atoms with Gasteiger partial charge >= 0.3 is 6.18 Å². The van der Waals surface area contributed by atoms with Crippen molar-refractivity contribution in [1.82, 2.24) is 25.4 Å². The zero-order valence-corrected chi connectivity index (χ0v) is 22.6. The fraction of sp³-hybridized carbons (Fsp3) is 0.552. The Kier molecular flexibility index (Phi) is 7.86. The van der Waals surface area contributed by atoms with Crippen LogP contribution in [0.15, 0.2) is 30.5 Å². The molecule has 3 unspecified atom stereocenters. The van der Waals surface area contributed by atoms with E-state index in [1.54, 1.807) is 6.20 Å². The number of amides is 1. The van der Waals surface area contributed by atoms with Crippen molar-refractivity contribution in [2.75, 3.05) is 38.2 Å². The fourth-order valence-corrected chi connectivity index (χ4v) is 6.76. The van der Waals surface area contributed by atoms with Gasteiger partial charge in [-0.25, -0.2) is 4.98 Å². The molecular weight excluding hydrogens is 540 g/mol. The van der Waals surface area contributed by atoms with Crippen LogP contribution in [0.1, 0.15) is 54.7 Å². The summed E-state index contributed by atoms with van der Waals surface area (Å²) in [4.78, 5) is 19.5. The van der Waals surface area contributed by atoms with Crippen LogP contribution in [-0.4, -0.2) is 70.9 Å². The summed E-state index contributed by atoms with van der Waals surface area (Å²) in [6.45, 7) is 2.96. The second-order valence-electron chi connectivity index (χ2n) is 11.4. The Bertz CT molecular complexity index is 1390. The van der Waals surface area contributed by atoms with Crippen LogP contribution in [0.5, 0.6) is 0 Å². The first-order valence-electron chi connectivity index (χ1n) is 14.3. The summed E-state index contributed by atoms with van der Waals surface area (Å²) in [6.07, 6.45) is 2.82. The highest BCUT2D eigenvalue weighted by atomic mass is 19.4. The Morgan fingerprint density at radius 3 is 2.88 bits per heavy atom. The number of fused-ring (bicyclic) bond motifs is 2. The molecule has 2 aromatic heterocycles. The van der Waals surface area contributed by atoms with Crippen LogP contribution in [0.4, 0.5) is 23.4 Å². The molecule has 2 aliphatic heterocycles. The van der Waals surface area contributed by atoms with Gasteiger partial charge in [-0.05, 0) is 85.8 Å². The van der Waals surface area contributed by atoms with E-state index in [1.807, 2.05) is 0 Å². The van der Waals surface area contributed by atoms with Gasteiger partial charge in [0.1, 0.15) is 0 Å². The summed E-state index contributed by atoms with van der Waals surface area (Å²) in [6, 6.07) is 5.20. The normalized spacial score (nSPS) is 25.3. The number of hydrogen-bond acceptors (Lipinski definition) is 6. The average molecular weight is 575 g/mol. The van der Waals surface area contributed by atoms with Crippen LogP contribution in [-0.2, 0) is 22.1 Å². The lowest BCUT2D eigenvalue weighted by Crippen LogP contribution is -2.44. The SMILES string of the molecule is O=C(CNc1n[nH]c2ccc(C(F)(F)F)cc12)NC1CN(C2CCCOCC2)C[C@@H]1CC1CCc2cc(F)ncc21. The van der Waals surface area contributed by atoms with Crippen molar-refractivity contribution in [2.24, 2.45) is 5.92 Å². The Balaban J connectivity index is 1.14. The van der Waals surface area contributed by atoms with Gasteiger partial charge in [0, 0.05) is 50.0 Å². The molecule has 220 valence electrons. The van der Waals surface area contributed by atoms with Gasteiger partial charge in [-0.3, -0.25) is 14.8 Å². The predicted molar refractivity (Wildman–Crippen MR) is 145 cm³/mol. The number of aryl methyl sites for hydroxylation is 1. The zero-order valence-electron chi connectivity index (χ0n) is 22.6. The molecule has 0 radical (unpaired) electrons. The molecule has 0 bridgehead atoms. The first-order chi connectivity index (χ1) is 19.7. The molecule has 3 N–H and O–H groups in total. The number of aromatic amines is 1. The van der Waals surface area contributed by atoms with Crippen molar-refractivity contribution in [3.05, 3.63) is 53.1 Å². The molecule has 0 spiro atoms. The number of nitrogens with one attached hydrogen (secondary N) is 3. The summed E-state index contributed by atoms with van der Waals surface area (Å²) in [5, 5.41) is 13.2. The molecule has 4 atom stereocenters. The zero-order chi connectivity index (χ0) is 28.6. The van der Waals surface area contributed by atoms with Crippen LogP contribution >= 0.6 is 0 Å². The van der Waals surface area contributed by atoms with E-state index in [9.17, 15) is 22.4 Å². The highest BCUT2D eigenvalue weighted by molar-refractivity contribution is 5.92. The molecule has 6 rings (SSSR count). The summed E-state index contributed by atoms with van der Waals surface area (Å²) >= 11 is 0. The fourth-order valence-electron chi connectivity index (χ4n) is 6.76. The molecule has 1 aliphatic carbocycles. The smallest absolute Gasteiger partial charge is 0.381 e. The van der Waals surface area contributed by atoms with E-state index in [4.69, 9.17) is 4.74 Å². The van der Waals surface area contributed by atoms with Crippen molar-refractivity contribution in [3.63, 3.8) is 0 Å². The van der Waals surface area contributed by atoms with E-state index in [1.165, 1.54) is 12.1 Å². The number of hydrogen-bond donors (Lipinski definition) is 3. The Labute approximate surface area is 235 Å². The van der Waals surface area contributed by atoms with Crippen molar-refractivity contribution in [3.8, 4) is 0 Å². The summed E-state index contributed by atoms with van der Waals surface area (Å²) in [7, 11) is 0. The number of nitrogens with zero attached hydrogens (tertiary/aromatic N) is 3. The predicted octanol–water partition coefficient (Wildman–Crippen LogP) is 4.63. The molecule has 0 saturated carbocycles. The number of pyridine rings is 1. The third-order valence-electron chi connectivity index (χ3n) is 8.84. The maximum atomic E-state index is 13.7. The van der Waals surface area contributed by atoms with Gasteiger partial charge in [0.15, 0.2) is 5.82 Å². The van der Waals surface area contributed by atoms with Crippen LogP contribution in [0.3, 0.4) is 0 Å². The highest BCUT2D eigenvalue weighted by Crippen LogP contribution is 2.40. The molecule has 3 aliphatic rings. The number of anilines is 1. The number of likely N-dealkylation sites (tertiary alicyclic amines) is 1. The number of carbonyl (C=O) groups is 1. The van der Waals surface area contributed by atoms with Crippen molar-refractivity contribution in [1.29, 1.82) is 0 Å². The van der Waals surface area contributed by atoms with Crippen molar-refractivity contribution < 1.29 is 27.1 Å². The Hall–Kier alpha value is -3.25. The van der Waals surface area contributed by atoms with E-state index in [0.29, 0.717) is 11.6 Å². The Morgan fingerprint density at radius 1 is 1.15 bits per heavy atom. The van der Waals surface area contributed by atoms with E-state index < -0.39 is 17.7 Å². The van der Waals surface area contributed by atoms with Crippen LogP contribution < -0.4 is 10.6 Å². The molecule has 2 fully saturated rings. The third-order valence-corrected chi connectivity index (χ3v) is 8.84. The highest BCUT2D eigenvalue weighted by Gasteiger charge is 2.39. The molecule has 1 amide bonds. The molecular formula is C29H34F4N6O2. The number of alkyl halides is 3. The summed E-state index contributed by atoms with van der Waals surface area (Å²) in [5.41, 5.74) is 1.79. The van der Waals surface area contributed by atoms with Crippen LogP contribution in [0, 0.1) is 11.9 Å². The van der Waals surface area contributed by atoms with E-state index in [0.717, 1.165) is 88.1 Å². The van der Waals surface area contributed by atoms with Crippen molar-refractivity contribution in [2.45, 2.75) is 62.7 Å². The van der Waals surface area contributed by atoms with Gasteiger partial charge in [-0.1, -0.05) is 0 Å². The first kappa shape index (κ1) is 27.9. The number of carbonyl (C=O) groups excluding carboxylic acids is 1. The minimum Gasteiger partial charge on any atom is -0.381 e. The lowest BCUT2D eigenvalue weighted by molar-refractivity contribution is -0.137. The average Bonchev–Trinajstić information content (AvgIpc) is 3.57. The van der Waals surface area contributed by atoms with Gasteiger partial charge in [0.05, 0.1) is 17.6 Å². The number of aromatic nitrogens is 3. The Morgan fingerprint density at radius 2 is 2.02 bits per heavy atom. The molecule has 12 heteroatoms. The largest absolute Gasteiger partial charge is 0.416 e. The molecule has 2 saturated heterocycles. The van der Waals surface area contributed by atoms with E-state index in [-0.39, 0.29) is 41.5 Å². The van der Waals surface area contributed by atoms with Gasteiger partial charge in [0.25, 0.3) is 0 Å². The maximum Gasteiger partial charge on any atom is 0.416 e. The molecule has 8 nitrogen and oxygen atoms in total. The quantitative estimate of drug-likeness (QED) is 0.281. The van der Waals surface area contributed by atoms with Gasteiger partial charge in [-0.2, -0.15) is 22.7 Å². The van der Waals surface area contributed by atoms with Crippen molar-refractivity contribution >= 4 is 22.6 Å². The number of benzene rings is 1. The van der Waals surface area contributed by atoms with Gasteiger partial charge in [0.2, 0.25) is 11.9 Å². The molecule has 41 heavy (non-hydrogen) atoms. The minimum atomic E-state index is -4.48. The van der Waals surface area contributed by atoms with Crippen LogP contribution in [0.25, 0.3) is 10.9 Å². The second kappa shape index (κ2) is 11.6. The third kappa shape index (κ3) is 6.18. The molecule has 1 aromatic carbocycles. The van der Waals surface area contributed by atoms with E-state index >= 15 is 0 Å². The topological polar surface area (TPSA) is 95.2 Å². The number of rotatable bonds is 7. The number of H-pyrrole nitrogens is 1. The van der Waals surface area contributed by atoms with Gasteiger partial charge < -0.3 is 15.4 Å². The molecule has 4 heterocycles. The summed E-state index contributed by atoms with van der Waals surface area (Å²) < 4.78 is 59.0. The summed E-state index contributed by atoms with van der Waals surface area (Å²) in [5.74, 6) is -0.0405.